The van der Waals surface area contributed by atoms with E-state index >= 15 is 0 Å². The molecule has 2 N–H and O–H groups in total. The van der Waals surface area contributed by atoms with Crippen molar-refractivity contribution in [3.05, 3.63) is 36.8 Å². The summed E-state index contributed by atoms with van der Waals surface area (Å²) >= 11 is 0. The Balaban J connectivity index is 1.38. The first-order valence-corrected chi connectivity index (χ1v) is 11.3. The second-order valence-corrected chi connectivity index (χ2v) is 8.41. The molecule has 0 saturated carbocycles. The van der Waals surface area contributed by atoms with Crippen LogP contribution in [0.3, 0.4) is 0 Å². The van der Waals surface area contributed by atoms with Gasteiger partial charge in [-0.2, -0.15) is 0 Å². The van der Waals surface area contributed by atoms with Crippen LogP contribution in [0.4, 0.5) is 11.6 Å². The normalized spacial score (nSPS) is 20.3. The van der Waals surface area contributed by atoms with Crippen molar-refractivity contribution in [1.82, 2.24) is 30.2 Å². The molecule has 32 heavy (non-hydrogen) atoms. The summed E-state index contributed by atoms with van der Waals surface area (Å²) in [7, 11) is 2.18. The highest BCUT2D eigenvalue weighted by atomic mass is 16.5. The number of aromatic nitrogens is 4. The van der Waals surface area contributed by atoms with Gasteiger partial charge < -0.3 is 25.2 Å². The molecule has 5 rings (SSSR count). The van der Waals surface area contributed by atoms with Crippen molar-refractivity contribution in [3.63, 3.8) is 0 Å². The minimum Gasteiger partial charge on any atom is -0.374 e. The van der Waals surface area contributed by atoms with E-state index in [2.05, 4.69) is 49.6 Å². The predicted molar refractivity (Wildman–Crippen MR) is 126 cm³/mol. The van der Waals surface area contributed by atoms with E-state index in [4.69, 9.17) is 14.7 Å². The largest absolute Gasteiger partial charge is 0.374 e. The molecule has 0 amide bonds. The fraction of sp³-hybridized carbons (Fsp3) is 0.478. The Bertz CT molecular complexity index is 1040. The molecule has 2 aliphatic heterocycles. The first kappa shape index (κ1) is 21.0. The molecular weight excluding hydrogens is 404 g/mol. The number of hydrogen-bond acceptors (Lipinski definition) is 9. The number of fused-ring (bicyclic) bond motifs is 1. The molecular formula is C23H30N8O. The lowest BCUT2D eigenvalue weighted by atomic mass is 10.1. The molecule has 3 aromatic rings. The maximum Gasteiger partial charge on any atom is 0.154 e. The number of morpholine rings is 1. The summed E-state index contributed by atoms with van der Waals surface area (Å²) in [6, 6.07) is 6.17. The maximum atomic E-state index is 5.81. The third-order valence-electron chi connectivity index (χ3n) is 6.05. The Kier molecular flexibility index (Phi) is 6.38. The molecule has 2 fully saturated rings. The standard InChI is InChI=1S/C23H30N8O/c1-30-8-2-9-31(11-10-30)21-4-3-17(14-27-21)19-13-20-22(26-6-5-25-20)23(29-19)28-16-18-15-24-7-12-32-18/h3-6,13-14,18,24H,2,7-12,15-16H2,1H3,(H,28,29). The van der Waals surface area contributed by atoms with Crippen molar-refractivity contribution in [2.75, 3.05) is 69.7 Å². The third kappa shape index (κ3) is 4.79. The molecule has 2 aliphatic rings. The smallest absolute Gasteiger partial charge is 0.154 e. The van der Waals surface area contributed by atoms with Crippen LogP contribution in [-0.4, -0.2) is 90.4 Å². The second-order valence-electron chi connectivity index (χ2n) is 8.41. The lowest BCUT2D eigenvalue weighted by Gasteiger charge is -2.24. The Morgan fingerprint density at radius 2 is 2.06 bits per heavy atom. The zero-order valence-electron chi connectivity index (χ0n) is 18.5. The molecule has 0 radical (unpaired) electrons. The van der Waals surface area contributed by atoms with Crippen LogP contribution >= 0.6 is 0 Å². The summed E-state index contributed by atoms with van der Waals surface area (Å²) in [6.07, 6.45) is 6.58. The van der Waals surface area contributed by atoms with E-state index in [1.54, 1.807) is 12.4 Å². The fourth-order valence-electron chi connectivity index (χ4n) is 4.20. The zero-order valence-corrected chi connectivity index (χ0v) is 18.5. The summed E-state index contributed by atoms with van der Waals surface area (Å²) in [4.78, 5) is 23.4. The Morgan fingerprint density at radius 3 is 2.91 bits per heavy atom. The van der Waals surface area contributed by atoms with Crippen LogP contribution in [0, 0.1) is 0 Å². The molecule has 5 heterocycles. The molecule has 9 nitrogen and oxygen atoms in total. The zero-order chi connectivity index (χ0) is 21.8. The summed E-state index contributed by atoms with van der Waals surface area (Å²) in [6.45, 7) is 7.34. The van der Waals surface area contributed by atoms with E-state index in [0.717, 1.165) is 86.2 Å². The molecule has 0 bridgehead atoms. The van der Waals surface area contributed by atoms with Crippen molar-refractivity contribution in [2.45, 2.75) is 12.5 Å². The predicted octanol–water partition coefficient (Wildman–Crippen LogP) is 1.63. The van der Waals surface area contributed by atoms with Crippen LogP contribution in [0.1, 0.15) is 6.42 Å². The molecule has 0 spiro atoms. The van der Waals surface area contributed by atoms with Gasteiger partial charge in [0.05, 0.1) is 23.9 Å². The highest BCUT2D eigenvalue weighted by Gasteiger charge is 2.17. The van der Waals surface area contributed by atoms with Crippen LogP contribution in [0.5, 0.6) is 0 Å². The maximum absolute atomic E-state index is 5.81. The minimum absolute atomic E-state index is 0.106. The number of hydrogen-bond donors (Lipinski definition) is 2. The van der Waals surface area contributed by atoms with E-state index in [-0.39, 0.29) is 6.10 Å². The molecule has 0 aliphatic carbocycles. The van der Waals surface area contributed by atoms with E-state index in [0.29, 0.717) is 6.54 Å². The Morgan fingerprint density at radius 1 is 1.12 bits per heavy atom. The number of pyridine rings is 2. The number of rotatable bonds is 5. The van der Waals surface area contributed by atoms with Gasteiger partial charge in [0, 0.05) is 63.4 Å². The first-order chi connectivity index (χ1) is 15.8. The summed E-state index contributed by atoms with van der Waals surface area (Å²) in [5.41, 5.74) is 3.37. The van der Waals surface area contributed by atoms with Gasteiger partial charge in [0.2, 0.25) is 0 Å². The number of nitrogens with zero attached hydrogens (tertiary/aromatic N) is 6. The van der Waals surface area contributed by atoms with Crippen molar-refractivity contribution in [3.8, 4) is 11.3 Å². The van der Waals surface area contributed by atoms with Gasteiger partial charge in [-0.05, 0) is 38.2 Å². The van der Waals surface area contributed by atoms with Gasteiger partial charge in [0.15, 0.2) is 5.82 Å². The molecule has 2 saturated heterocycles. The Labute approximate surface area is 188 Å². The molecule has 0 aromatic carbocycles. The molecule has 1 unspecified atom stereocenters. The summed E-state index contributed by atoms with van der Waals surface area (Å²) in [5.74, 6) is 1.74. The monoisotopic (exact) mass is 434 g/mol. The van der Waals surface area contributed by atoms with Crippen LogP contribution in [-0.2, 0) is 4.74 Å². The van der Waals surface area contributed by atoms with Gasteiger partial charge in [-0.25, -0.2) is 15.0 Å². The van der Waals surface area contributed by atoms with E-state index < -0.39 is 0 Å². The first-order valence-electron chi connectivity index (χ1n) is 11.3. The highest BCUT2D eigenvalue weighted by Crippen LogP contribution is 2.26. The van der Waals surface area contributed by atoms with Crippen LogP contribution in [0.25, 0.3) is 22.3 Å². The average Bonchev–Trinajstić information content (AvgIpc) is 3.07. The minimum atomic E-state index is 0.106. The third-order valence-corrected chi connectivity index (χ3v) is 6.05. The lowest BCUT2D eigenvalue weighted by molar-refractivity contribution is 0.0372. The fourth-order valence-corrected chi connectivity index (χ4v) is 4.20. The van der Waals surface area contributed by atoms with Gasteiger partial charge in [-0.3, -0.25) is 4.98 Å². The van der Waals surface area contributed by atoms with E-state index in [9.17, 15) is 0 Å². The van der Waals surface area contributed by atoms with Gasteiger partial charge in [-0.1, -0.05) is 0 Å². The quantitative estimate of drug-likeness (QED) is 0.622. The van der Waals surface area contributed by atoms with Crippen molar-refractivity contribution >= 4 is 22.7 Å². The van der Waals surface area contributed by atoms with Crippen LogP contribution in [0.2, 0.25) is 0 Å². The summed E-state index contributed by atoms with van der Waals surface area (Å²) in [5, 5.41) is 6.79. The van der Waals surface area contributed by atoms with Gasteiger partial charge in [0.1, 0.15) is 11.3 Å². The highest BCUT2D eigenvalue weighted by molar-refractivity contribution is 5.88. The van der Waals surface area contributed by atoms with Gasteiger partial charge in [0.25, 0.3) is 0 Å². The van der Waals surface area contributed by atoms with Gasteiger partial charge in [-0.15, -0.1) is 0 Å². The van der Waals surface area contributed by atoms with Crippen LogP contribution < -0.4 is 15.5 Å². The molecule has 1 atom stereocenters. The van der Waals surface area contributed by atoms with Gasteiger partial charge >= 0.3 is 0 Å². The topological polar surface area (TPSA) is 91.3 Å². The van der Waals surface area contributed by atoms with E-state index in [1.807, 2.05) is 12.3 Å². The second kappa shape index (κ2) is 9.72. The Hall–Kier alpha value is -2.88. The average molecular weight is 435 g/mol. The van der Waals surface area contributed by atoms with E-state index in [1.165, 1.54) is 0 Å². The number of likely N-dealkylation sites (N-methyl/N-ethyl adjacent to an activating group) is 1. The molecule has 168 valence electrons. The molecule has 3 aromatic heterocycles. The molecule has 9 heteroatoms. The van der Waals surface area contributed by atoms with Crippen molar-refractivity contribution in [1.29, 1.82) is 0 Å². The van der Waals surface area contributed by atoms with Crippen molar-refractivity contribution < 1.29 is 4.74 Å². The summed E-state index contributed by atoms with van der Waals surface area (Å²) < 4.78 is 5.81. The lowest BCUT2D eigenvalue weighted by Crippen LogP contribution is -2.42. The number of nitrogens with one attached hydrogen (secondary N) is 2. The SMILES string of the molecule is CN1CCCN(c2ccc(-c3cc4nccnc4c(NCC4CNCCO4)n3)cn2)CC1. The number of ether oxygens (including phenoxy) is 1. The number of anilines is 2. The van der Waals surface area contributed by atoms with Crippen molar-refractivity contribution in [2.24, 2.45) is 0 Å². The van der Waals surface area contributed by atoms with Crippen LogP contribution in [0.15, 0.2) is 36.8 Å².